The van der Waals surface area contributed by atoms with Crippen molar-refractivity contribution in [1.82, 2.24) is 15.4 Å². The van der Waals surface area contributed by atoms with Gasteiger partial charge in [-0.1, -0.05) is 42.8 Å². The topological polar surface area (TPSA) is 119 Å². The van der Waals surface area contributed by atoms with Crippen molar-refractivity contribution in [3.8, 4) is 5.75 Å². The predicted octanol–water partition coefficient (Wildman–Crippen LogP) is -0.496. The Hall–Kier alpha value is -1.45. The molecule has 25 heavy (non-hydrogen) atoms. The summed E-state index contributed by atoms with van der Waals surface area (Å²) in [6, 6.07) is 9.75. The number of hydrogen-bond donors (Lipinski definition) is 2. The molecule has 1 aromatic heterocycles. The van der Waals surface area contributed by atoms with Crippen molar-refractivity contribution >= 4 is 21.2 Å². The van der Waals surface area contributed by atoms with E-state index in [-0.39, 0.29) is 35.1 Å². The molecule has 1 heterocycles. The molecule has 1 atom stereocenters. The molecule has 2 N–H and O–H groups in total. The molecule has 0 saturated heterocycles. The summed E-state index contributed by atoms with van der Waals surface area (Å²) in [6.07, 6.45) is 1.35. The average molecular weight is 369 g/mol. The van der Waals surface area contributed by atoms with Crippen molar-refractivity contribution < 1.29 is 47.6 Å². The van der Waals surface area contributed by atoms with Crippen LogP contribution in [0, 0.1) is 0 Å². The summed E-state index contributed by atoms with van der Waals surface area (Å²) in [5, 5.41) is 20.6. The van der Waals surface area contributed by atoms with Gasteiger partial charge in [0.05, 0.1) is 10.4 Å². The minimum atomic E-state index is -4.82. The van der Waals surface area contributed by atoms with Gasteiger partial charge in [0.25, 0.3) is 0 Å². The molecule has 0 saturated carbocycles. The number of benzene rings is 2. The Morgan fingerprint density at radius 1 is 1.20 bits per heavy atom. The predicted molar refractivity (Wildman–Crippen MR) is 86.7 cm³/mol. The third-order valence-electron chi connectivity index (χ3n) is 3.99. The Balaban J connectivity index is 0.00000225. The van der Waals surface area contributed by atoms with E-state index in [4.69, 9.17) is 0 Å². The third kappa shape index (κ3) is 3.88. The minimum Gasteiger partial charge on any atom is -0.744 e. The second kappa shape index (κ2) is 7.84. The van der Waals surface area contributed by atoms with E-state index >= 15 is 0 Å². The number of nitrogens with one attached hydrogen (secondary N) is 1. The fraction of sp³-hybridized carbons (Fsp3) is 0.250. The van der Waals surface area contributed by atoms with Gasteiger partial charge in [0.2, 0.25) is 0 Å². The minimum absolute atomic E-state index is 0. The summed E-state index contributed by atoms with van der Waals surface area (Å²) < 4.78 is 35.0. The first-order valence-electron chi connectivity index (χ1n) is 7.51. The largest absolute Gasteiger partial charge is 1.00 e. The zero-order valence-corrected chi connectivity index (χ0v) is 16.7. The smallest absolute Gasteiger partial charge is 0.744 e. The number of rotatable bonds is 5. The molecule has 0 amide bonds. The van der Waals surface area contributed by atoms with Crippen molar-refractivity contribution in [2.45, 2.75) is 30.6 Å². The van der Waals surface area contributed by atoms with Gasteiger partial charge in [-0.2, -0.15) is 0 Å². The van der Waals surface area contributed by atoms with Gasteiger partial charge in [0, 0.05) is 5.92 Å². The van der Waals surface area contributed by atoms with Gasteiger partial charge in [-0.3, -0.25) is 5.10 Å². The Kier molecular flexibility index (Phi) is 6.23. The number of aromatic amines is 1. The van der Waals surface area contributed by atoms with E-state index in [0.717, 1.165) is 17.5 Å². The summed E-state index contributed by atoms with van der Waals surface area (Å²) >= 11 is 0. The second-order valence-corrected chi connectivity index (χ2v) is 6.86. The first-order valence-corrected chi connectivity index (χ1v) is 8.91. The van der Waals surface area contributed by atoms with Gasteiger partial charge in [0.1, 0.15) is 21.4 Å². The maximum absolute atomic E-state index is 11.7. The van der Waals surface area contributed by atoms with Crippen LogP contribution in [0.1, 0.15) is 36.8 Å². The Morgan fingerprint density at radius 2 is 1.88 bits per heavy atom. The van der Waals surface area contributed by atoms with Crippen LogP contribution in [-0.2, 0) is 10.1 Å². The summed E-state index contributed by atoms with van der Waals surface area (Å²) in [5.41, 5.74) is 2.38. The quantitative estimate of drug-likeness (QED) is 0.462. The van der Waals surface area contributed by atoms with Gasteiger partial charge >= 0.3 is 29.6 Å². The van der Waals surface area contributed by atoms with Crippen LogP contribution in [0.5, 0.6) is 5.75 Å². The molecule has 3 aromatic rings. The van der Waals surface area contributed by atoms with Crippen LogP contribution in [-0.4, -0.2) is 33.5 Å². The molecule has 0 aliphatic heterocycles. The van der Waals surface area contributed by atoms with Gasteiger partial charge in [-0.25, -0.2) is 8.42 Å². The van der Waals surface area contributed by atoms with Crippen molar-refractivity contribution in [2.24, 2.45) is 0 Å². The van der Waals surface area contributed by atoms with Gasteiger partial charge < -0.3 is 9.66 Å². The number of phenols is 1. The molecule has 0 aliphatic carbocycles. The van der Waals surface area contributed by atoms with Gasteiger partial charge in [-0.05, 0) is 29.7 Å². The molecule has 0 bridgehead atoms. The Labute approximate surface area is 167 Å². The maximum atomic E-state index is 11.7. The maximum Gasteiger partial charge on any atom is 1.00 e. The summed E-state index contributed by atoms with van der Waals surface area (Å²) in [5.74, 6) is -0.925. The normalized spacial score (nSPS) is 12.7. The number of hydrogen-bond acceptors (Lipinski definition) is 6. The van der Waals surface area contributed by atoms with Crippen molar-refractivity contribution in [3.05, 3.63) is 47.5 Å². The standard InChI is InChI=1S/C16H17N3O4S.Na/c1-2-5-10(11-6-3-8-13-15(11)18-19-17-13)12-7-4-9-14(20)16(12)24(21,22)23;/h3-4,6-10,20H,2,5H2,1H3,(H,17,18,19)(H,21,22,23);/q;+1/p-1. The Bertz CT molecular complexity index is 988. The fourth-order valence-corrected chi connectivity index (χ4v) is 3.85. The van der Waals surface area contributed by atoms with Crippen molar-refractivity contribution in [2.75, 3.05) is 0 Å². The Morgan fingerprint density at radius 3 is 2.56 bits per heavy atom. The number of aromatic hydroxyl groups is 1. The average Bonchev–Trinajstić information content (AvgIpc) is 3.00. The summed E-state index contributed by atoms with van der Waals surface area (Å²) in [6.45, 7) is 1.96. The number of H-pyrrole nitrogens is 1. The summed E-state index contributed by atoms with van der Waals surface area (Å²) in [4.78, 5) is -0.566. The van der Waals surface area contributed by atoms with Crippen LogP contribution in [0.4, 0.5) is 0 Å². The van der Waals surface area contributed by atoms with Crippen LogP contribution in [0.2, 0.25) is 0 Å². The van der Waals surface area contributed by atoms with Crippen molar-refractivity contribution in [3.63, 3.8) is 0 Å². The molecule has 1 unspecified atom stereocenters. The molecule has 7 nitrogen and oxygen atoms in total. The van der Waals surface area contributed by atoms with Crippen LogP contribution in [0.25, 0.3) is 11.0 Å². The third-order valence-corrected chi connectivity index (χ3v) is 4.94. The molecule has 0 fully saturated rings. The van der Waals surface area contributed by atoms with Crippen molar-refractivity contribution in [1.29, 1.82) is 0 Å². The monoisotopic (exact) mass is 369 g/mol. The number of aromatic nitrogens is 3. The van der Waals surface area contributed by atoms with Crippen LogP contribution >= 0.6 is 0 Å². The SMILES string of the molecule is CCCC(c1cccc(O)c1S(=O)(=O)[O-])c1cccc2[nH]nnc12.[Na+]. The summed E-state index contributed by atoms with van der Waals surface area (Å²) in [7, 11) is -4.82. The molecule has 9 heteroatoms. The van der Waals surface area contributed by atoms with Crippen LogP contribution in [0.3, 0.4) is 0 Å². The zero-order valence-electron chi connectivity index (χ0n) is 13.9. The fourth-order valence-electron chi connectivity index (χ4n) is 3.03. The molecular weight excluding hydrogens is 353 g/mol. The van der Waals surface area contributed by atoms with E-state index in [9.17, 15) is 18.1 Å². The van der Waals surface area contributed by atoms with Crippen LogP contribution in [0.15, 0.2) is 41.3 Å². The van der Waals surface area contributed by atoms with E-state index < -0.39 is 26.7 Å². The molecule has 126 valence electrons. The first kappa shape index (κ1) is 19.9. The van der Waals surface area contributed by atoms with E-state index in [1.165, 1.54) is 12.1 Å². The molecule has 0 spiro atoms. The first-order chi connectivity index (χ1) is 11.4. The van der Waals surface area contributed by atoms with E-state index in [1.54, 1.807) is 6.07 Å². The molecular formula is C16H16N3NaO4S. The van der Waals surface area contributed by atoms with E-state index in [2.05, 4.69) is 15.4 Å². The van der Waals surface area contributed by atoms with Gasteiger partial charge in [0.15, 0.2) is 0 Å². The number of nitrogens with zero attached hydrogens (tertiary/aromatic N) is 2. The molecule has 0 aliphatic rings. The van der Waals surface area contributed by atoms with Gasteiger partial charge in [-0.15, -0.1) is 5.10 Å². The zero-order chi connectivity index (χ0) is 17.3. The van der Waals surface area contributed by atoms with Crippen LogP contribution < -0.4 is 29.6 Å². The van der Waals surface area contributed by atoms with E-state index in [0.29, 0.717) is 11.9 Å². The molecule has 0 radical (unpaired) electrons. The van der Waals surface area contributed by atoms with E-state index in [1.807, 2.05) is 25.1 Å². The number of fused-ring (bicyclic) bond motifs is 1. The molecule has 2 aromatic carbocycles. The number of phenolic OH excluding ortho intramolecular Hbond substituents is 1. The molecule has 3 rings (SSSR count). The second-order valence-electron chi connectivity index (χ2n) is 5.55.